The second-order valence-electron chi connectivity index (χ2n) is 6.47. The van der Waals surface area contributed by atoms with Gasteiger partial charge in [-0.2, -0.15) is 0 Å². The Morgan fingerprint density at radius 1 is 1.12 bits per heavy atom. The second kappa shape index (κ2) is 8.72. The van der Waals surface area contributed by atoms with Crippen LogP contribution in [0.15, 0.2) is 48.5 Å². The summed E-state index contributed by atoms with van der Waals surface area (Å²) in [6.45, 7) is 1.77. The fraction of sp³-hybridized carbons (Fsp3) is 0.381. The van der Waals surface area contributed by atoms with Crippen molar-refractivity contribution in [2.45, 2.75) is 25.3 Å². The number of likely N-dealkylation sites (tertiary alicyclic amines) is 1. The van der Waals surface area contributed by atoms with Gasteiger partial charge in [0.1, 0.15) is 11.5 Å². The molecule has 5 heteroatoms. The van der Waals surface area contributed by atoms with Gasteiger partial charge in [0.05, 0.1) is 19.9 Å². The number of nitrogens with one attached hydrogen (secondary N) is 1. The van der Waals surface area contributed by atoms with Gasteiger partial charge in [-0.1, -0.05) is 24.3 Å². The van der Waals surface area contributed by atoms with E-state index in [1.807, 2.05) is 36.4 Å². The van der Waals surface area contributed by atoms with Crippen molar-refractivity contribution in [3.63, 3.8) is 0 Å². The molecule has 0 radical (unpaired) electrons. The van der Waals surface area contributed by atoms with Crippen molar-refractivity contribution in [2.75, 3.05) is 32.6 Å². The summed E-state index contributed by atoms with van der Waals surface area (Å²) in [5.41, 5.74) is 2.00. The van der Waals surface area contributed by atoms with Crippen molar-refractivity contribution in [3.8, 4) is 11.5 Å². The molecule has 1 fully saturated rings. The number of hydrogen-bond acceptors (Lipinski definition) is 4. The van der Waals surface area contributed by atoms with Gasteiger partial charge in [-0.05, 0) is 49.2 Å². The van der Waals surface area contributed by atoms with Gasteiger partial charge >= 0.3 is 0 Å². The highest BCUT2D eigenvalue weighted by Gasteiger charge is 2.26. The molecule has 1 heterocycles. The third kappa shape index (κ3) is 4.35. The Bertz CT molecular complexity index is 730. The average Bonchev–Trinajstić information content (AvgIpc) is 3.15. The van der Waals surface area contributed by atoms with Crippen LogP contribution in [-0.4, -0.2) is 38.1 Å². The molecule has 26 heavy (non-hydrogen) atoms. The molecule has 0 unspecified atom stereocenters. The summed E-state index contributed by atoms with van der Waals surface area (Å²) in [6.07, 6.45) is 2.75. The minimum absolute atomic E-state index is 0.00915. The molecule has 0 saturated carbocycles. The normalized spacial score (nSPS) is 17.1. The van der Waals surface area contributed by atoms with E-state index < -0.39 is 0 Å². The van der Waals surface area contributed by atoms with E-state index in [2.05, 4.69) is 22.3 Å². The maximum atomic E-state index is 12.4. The number of anilines is 1. The van der Waals surface area contributed by atoms with Crippen LogP contribution in [0.3, 0.4) is 0 Å². The number of rotatable bonds is 7. The number of nitrogens with zero attached hydrogens (tertiary/aromatic N) is 1. The molecular weight excluding hydrogens is 328 g/mol. The molecule has 3 rings (SSSR count). The Labute approximate surface area is 154 Å². The summed E-state index contributed by atoms with van der Waals surface area (Å²) in [6, 6.07) is 16.1. The molecule has 0 aliphatic carbocycles. The Morgan fingerprint density at radius 3 is 2.62 bits per heavy atom. The quantitative estimate of drug-likeness (QED) is 0.820. The summed E-state index contributed by atoms with van der Waals surface area (Å²) < 4.78 is 10.5. The van der Waals surface area contributed by atoms with Gasteiger partial charge in [-0.25, -0.2) is 0 Å². The van der Waals surface area contributed by atoms with Crippen molar-refractivity contribution >= 4 is 11.6 Å². The second-order valence-corrected chi connectivity index (χ2v) is 6.47. The van der Waals surface area contributed by atoms with Crippen LogP contribution in [-0.2, 0) is 4.79 Å². The van der Waals surface area contributed by atoms with E-state index in [0.717, 1.165) is 31.7 Å². The van der Waals surface area contributed by atoms with Crippen molar-refractivity contribution in [2.24, 2.45) is 0 Å². The molecule has 1 saturated heterocycles. The van der Waals surface area contributed by atoms with E-state index in [0.29, 0.717) is 23.9 Å². The first-order valence-electron chi connectivity index (χ1n) is 9.02. The van der Waals surface area contributed by atoms with Crippen LogP contribution in [0.5, 0.6) is 11.5 Å². The molecule has 138 valence electrons. The number of para-hydroxylation sites is 2. The van der Waals surface area contributed by atoms with Crippen LogP contribution in [0, 0.1) is 0 Å². The number of benzene rings is 2. The smallest absolute Gasteiger partial charge is 0.225 e. The minimum Gasteiger partial charge on any atom is -0.497 e. The van der Waals surface area contributed by atoms with Gasteiger partial charge in [0, 0.05) is 19.0 Å². The number of amides is 1. The largest absolute Gasteiger partial charge is 0.497 e. The van der Waals surface area contributed by atoms with E-state index in [4.69, 9.17) is 9.47 Å². The minimum atomic E-state index is 0.00915. The van der Waals surface area contributed by atoms with Crippen molar-refractivity contribution in [1.82, 2.24) is 4.90 Å². The maximum Gasteiger partial charge on any atom is 0.225 e. The molecule has 0 spiro atoms. The molecule has 2 aromatic rings. The van der Waals surface area contributed by atoms with Crippen LogP contribution < -0.4 is 14.8 Å². The van der Waals surface area contributed by atoms with Crippen molar-refractivity contribution in [3.05, 3.63) is 54.1 Å². The standard InChI is InChI=1S/C21H26N2O3/c1-25-17-11-9-16(10-12-17)19-7-5-14-23(19)15-13-21(24)22-18-6-3-4-8-20(18)26-2/h3-4,6,8-12,19H,5,7,13-15H2,1-2H3,(H,22,24)/t19-/m1/s1. The zero-order valence-electron chi connectivity index (χ0n) is 15.4. The van der Waals surface area contributed by atoms with Crippen LogP contribution >= 0.6 is 0 Å². The zero-order valence-corrected chi connectivity index (χ0v) is 15.4. The van der Waals surface area contributed by atoms with Crippen molar-refractivity contribution < 1.29 is 14.3 Å². The SMILES string of the molecule is COc1ccc([C@H]2CCCN2CCC(=O)Nc2ccccc2OC)cc1. The highest BCUT2D eigenvalue weighted by atomic mass is 16.5. The predicted octanol–water partition coefficient (Wildman–Crippen LogP) is 3.87. The Balaban J connectivity index is 1.56. The molecule has 0 bridgehead atoms. The number of methoxy groups -OCH3 is 2. The van der Waals surface area contributed by atoms with E-state index in [1.165, 1.54) is 5.56 Å². The van der Waals surface area contributed by atoms with E-state index in [-0.39, 0.29) is 5.91 Å². The van der Waals surface area contributed by atoms with Gasteiger partial charge in [0.15, 0.2) is 0 Å². The average molecular weight is 354 g/mol. The Morgan fingerprint density at radius 2 is 1.88 bits per heavy atom. The van der Waals surface area contributed by atoms with Gasteiger partial charge < -0.3 is 14.8 Å². The van der Waals surface area contributed by atoms with Crippen LogP contribution in [0.4, 0.5) is 5.69 Å². The van der Waals surface area contributed by atoms with Crippen molar-refractivity contribution in [1.29, 1.82) is 0 Å². The molecule has 1 aliphatic heterocycles. The first kappa shape index (κ1) is 18.3. The maximum absolute atomic E-state index is 12.4. The molecule has 1 N–H and O–H groups in total. The first-order chi connectivity index (χ1) is 12.7. The summed E-state index contributed by atoms with van der Waals surface area (Å²) in [5.74, 6) is 1.56. The molecule has 5 nitrogen and oxygen atoms in total. The number of carbonyl (C=O) groups is 1. The topological polar surface area (TPSA) is 50.8 Å². The Kier molecular flexibility index (Phi) is 6.12. The summed E-state index contributed by atoms with van der Waals surface area (Å²) >= 11 is 0. The van der Waals surface area contributed by atoms with Gasteiger partial charge in [-0.3, -0.25) is 9.69 Å². The Hall–Kier alpha value is -2.53. The lowest BCUT2D eigenvalue weighted by Gasteiger charge is -2.24. The molecule has 1 aliphatic rings. The molecular formula is C21H26N2O3. The summed E-state index contributed by atoms with van der Waals surface area (Å²) in [5, 5.41) is 2.95. The summed E-state index contributed by atoms with van der Waals surface area (Å²) in [4.78, 5) is 14.7. The lowest BCUT2D eigenvalue weighted by molar-refractivity contribution is -0.116. The number of hydrogen-bond donors (Lipinski definition) is 1. The highest BCUT2D eigenvalue weighted by molar-refractivity contribution is 5.92. The fourth-order valence-corrected chi connectivity index (χ4v) is 3.50. The lowest BCUT2D eigenvalue weighted by atomic mass is 10.0. The van der Waals surface area contributed by atoms with Crippen LogP contribution in [0.2, 0.25) is 0 Å². The summed E-state index contributed by atoms with van der Waals surface area (Å²) in [7, 11) is 3.28. The van der Waals surface area contributed by atoms with Crippen LogP contribution in [0.25, 0.3) is 0 Å². The van der Waals surface area contributed by atoms with E-state index in [9.17, 15) is 4.79 Å². The van der Waals surface area contributed by atoms with E-state index >= 15 is 0 Å². The number of carbonyl (C=O) groups excluding carboxylic acids is 1. The fourth-order valence-electron chi connectivity index (χ4n) is 3.50. The van der Waals surface area contributed by atoms with Gasteiger partial charge in [-0.15, -0.1) is 0 Å². The molecule has 1 amide bonds. The predicted molar refractivity (Wildman–Crippen MR) is 103 cm³/mol. The molecule has 0 aromatic heterocycles. The van der Waals surface area contributed by atoms with Gasteiger partial charge in [0.2, 0.25) is 5.91 Å². The van der Waals surface area contributed by atoms with Crippen LogP contribution in [0.1, 0.15) is 30.9 Å². The first-order valence-corrected chi connectivity index (χ1v) is 9.02. The highest BCUT2D eigenvalue weighted by Crippen LogP contribution is 2.32. The van der Waals surface area contributed by atoms with E-state index in [1.54, 1.807) is 14.2 Å². The molecule has 2 aromatic carbocycles. The molecule has 1 atom stereocenters. The third-order valence-electron chi connectivity index (χ3n) is 4.87. The number of ether oxygens (including phenoxy) is 2. The zero-order chi connectivity index (χ0) is 18.4. The van der Waals surface area contributed by atoms with Gasteiger partial charge in [0.25, 0.3) is 0 Å². The lowest BCUT2D eigenvalue weighted by Crippen LogP contribution is -2.27. The third-order valence-corrected chi connectivity index (χ3v) is 4.87. The monoisotopic (exact) mass is 354 g/mol.